The van der Waals surface area contributed by atoms with Crippen LogP contribution in [0.3, 0.4) is 0 Å². The van der Waals surface area contributed by atoms with Gasteiger partial charge in [0.05, 0.1) is 5.92 Å². The summed E-state index contributed by atoms with van der Waals surface area (Å²) >= 11 is 0. The van der Waals surface area contributed by atoms with Gasteiger partial charge in [-0.25, -0.2) is 4.79 Å². The third-order valence-corrected chi connectivity index (χ3v) is 5.49. The SMILES string of the molecule is O=C(CCCCCNC(=O)NC1CCCCC1)N[C@H]1CCC[C@H]1C(=O)O. The summed E-state index contributed by atoms with van der Waals surface area (Å²) in [7, 11) is 0. The largest absolute Gasteiger partial charge is 0.481 e. The van der Waals surface area contributed by atoms with E-state index in [0.29, 0.717) is 25.4 Å². The van der Waals surface area contributed by atoms with E-state index < -0.39 is 11.9 Å². The number of amides is 3. The van der Waals surface area contributed by atoms with Gasteiger partial charge in [-0.05, 0) is 38.5 Å². The Morgan fingerprint density at radius 1 is 0.846 bits per heavy atom. The van der Waals surface area contributed by atoms with E-state index >= 15 is 0 Å². The normalized spacial score (nSPS) is 23.4. The number of nitrogens with one attached hydrogen (secondary N) is 3. The van der Waals surface area contributed by atoms with E-state index in [1.165, 1.54) is 19.3 Å². The highest BCUT2D eigenvalue weighted by Crippen LogP contribution is 2.25. The minimum atomic E-state index is -0.814. The molecular formula is C19H33N3O4. The summed E-state index contributed by atoms with van der Waals surface area (Å²) in [6.07, 6.45) is 10.9. The van der Waals surface area contributed by atoms with Crippen LogP contribution in [0.1, 0.15) is 77.0 Å². The van der Waals surface area contributed by atoms with Gasteiger partial charge in [-0.15, -0.1) is 0 Å². The number of carboxylic acid groups (broad SMARTS) is 1. The number of hydrogen-bond acceptors (Lipinski definition) is 3. The van der Waals surface area contributed by atoms with Crippen LogP contribution in [-0.2, 0) is 9.59 Å². The van der Waals surface area contributed by atoms with E-state index in [2.05, 4.69) is 16.0 Å². The zero-order chi connectivity index (χ0) is 18.8. The van der Waals surface area contributed by atoms with Crippen LogP contribution < -0.4 is 16.0 Å². The molecule has 3 amide bonds. The van der Waals surface area contributed by atoms with Gasteiger partial charge in [0.25, 0.3) is 0 Å². The second-order valence-corrected chi connectivity index (χ2v) is 7.60. The van der Waals surface area contributed by atoms with Crippen LogP contribution in [0, 0.1) is 5.92 Å². The molecule has 2 rings (SSSR count). The van der Waals surface area contributed by atoms with Gasteiger partial charge in [-0.2, -0.15) is 0 Å². The fourth-order valence-corrected chi connectivity index (χ4v) is 3.98. The van der Waals surface area contributed by atoms with Crippen molar-refractivity contribution in [3.05, 3.63) is 0 Å². The molecule has 0 heterocycles. The summed E-state index contributed by atoms with van der Waals surface area (Å²) < 4.78 is 0. The van der Waals surface area contributed by atoms with E-state index in [0.717, 1.165) is 44.9 Å². The van der Waals surface area contributed by atoms with Crippen molar-refractivity contribution in [3.8, 4) is 0 Å². The van der Waals surface area contributed by atoms with Crippen molar-refractivity contribution in [1.29, 1.82) is 0 Å². The molecule has 7 heteroatoms. The average molecular weight is 367 g/mol. The molecule has 0 spiro atoms. The number of carboxylic acids is 1. The number of unbranched alkanes of at least 4 members (excludes halogenated alkanes) is 2. The summed E-state index contributed by atoms with van der Waals surface area (Å²) in [4.78, 5) is 34.9. The Labute approximate surface area is 155 Å². The molecular weight excluding hydrogens is 334 g/mol. The van der Waals surface area contributed by atoms with Crippen LogP contribution in [0.15, 0.2) is 0 Å². The molecule has 7 nitrogen and oxygen atoms in total. The van der Waals surface area contributed by atoms with Crippen molar-refractivity contribution < 1.29 is 19.5 Å². The highest BCUT2D eigenvalue weighted by Gasteiger charge is 2.33. The molecule has 0 saturated heterocycles. The van der Waals surface area contributed by atoms with Gasteiger partial charge < -0.3 is 21.1 Å². The highest BCUT2D eigenvalue weighted by atomic mass is 16.4. The average Bonchev–Trinajstić information content (AvgIpc) is 3.07. The Bertz CT molecular complexity index is 477. The molecule has 2 aliphatic carbocycles. The predicted molar refractivity (Wildman–Crippen MR) is 98.8 cm³/mol. The third kappa shape index (κ3) is 7.22. The van der Waals surface area contributed by atoms with Crippen LogP contribution >= 0.6 is 0 Å². The molecule has 0 aromatic heterocycles. The Hall–Kier alpha value is -1.79. The van der Waals surface area contributed by atoms with E-state index in [1.807, 2.05) is 0 Å². The summed E-state index contributed by atoms with van der Waals surface area (Å²) in [5, 5.41) is 17.9. The fraction of sp³-hybridized carbons (Fsp3) is 0.842. The lowest BCUT2D eigenvalue weighted by Crippen LogP contribution is -2.43. The number of hydrogen-bond donors (Lipinski definition) is 4. The summed E-state index contributed by atoms with van der Waals surface area (Å²) in [6.45, 7) is 0.615. The first-order valence-electron chi connectivity index (χ1n) is 10.1. The number of aliphatic carboxylic acids is 1. The molecule has 0 unspecified atom stereocenters. The molecule has 2 saturated carbocycles. The quantitative estimate of drug-likeness (QED) is 0.470. The smallest absolute Gasteiger partial charge is 0.315 e. The second-order valence-electron chi connectivity index (χ2n) is 7.60. The molecule has 148 valence electrons. The molecule has 2 atom stereocenters. The molecule has 2 aliphatic rings. The van der Waals surface area contributed by atoms with Gasteiger partial charge in [0.1, 0.15) is 0 Å². The molecule has 0 aromatic rings. The summed E-state index contributed by atoms with van der Waals surface area (Å²) in [5.74, 6) is -1.32. The Kier molecular flexibility index (Phi) is 8.71. The van der Waals surface area contributed by atoms with Crippen molar-refractivity contribution in [2.24, 2.45) is 5.92 Å². The first-order valence-corrected chi connectivity index (χ1v) is 10.1. The van der Waals surface area contributed by atoms with Gasteiger partial charge in [0.15, 0.2) is 0 Å². The summed E-state index contributed by atoms with van der Waals surface area (Å²) in [5.41, 5.74) is 0. The van der Waals surface area contributed by atoms with E-state index in [4.69, 9.17) is 5.11 Å². The zero-order valence-corrected chi connectivity index (χ0v) is 15.6. The molecule has 0 aromatic carbocycles. The molecule has 26 heavy (non-hydrogen) atoms. The van der Waals surface area contributed by atoms with Gasteiger partial charge >= 0.3 is 12.0 Å². The van der Waals surface area contributed by atoms with Crippen LogP contribution in [0.4, 0.5) is 4.79 Å². The predicted octanol–water partition coefficient (Wildman–Crippen LogP) is 2.55. The zero-order valence-electron chi connectivity index (χ0n) is 15.6. The maximum absolute atomic E-state index is 11.9. The van der Waals surface area contributed by atoms with Gasteiger partial charge in [0.2, 0.25) is 5.91 Å². The van der Waals surface area contributed by atoms with Crippen LogP contribution in [-0.4, -0.2) is 41.6 Å². The van der Waals surface area contributed by atoms with Crippen molar-refractivity contribution in [3.63, 3.8) is 0 Å². The number of carbonyl (C=O) groups excluding carboxylic acids is 2. The highest BCUT2D eigenvalue weighted by molar-refractivity contribution is 5.78. The monoisotopic (exact) mass is 367 g/mol. The summed E-state index contributed by atoms with van der Waals surface area (Å²) in [6, 6.07) is 0.0124. The maximum atomic E-state index is 11.9. The van der Waals surface area contributed by atoms with Gasteiger partial charge in [0, 0.05) is 25.0 Å². The van der Waals surface area contributed by atoms with E-state index in [9.17, 15) is 14.4 Å². The molecule has 0 radical (unpaired) electrons. The Morgan fingerprint density at radius 2 is 1.62 bits per heavy atom. The fourth-order valence-electron chi connectivity index (χ4n) is 3.98. The lowest BCUT2D eigenvalue weighted by molar-refractivity contribution is -0.142. The standard InChI is InChI=1S/C19H33N3O4/c23-17(22-16-11-7-10-15(16)18(24)25)12-5-2-6-13-20-19(26)21-14-8-3-1-4-9-14/h14-16H,1-13H2,(H,22,23)(H,24,25)(H2,20,21,26)/t15-,16+/m1/s1. The molecule has 0 bridgehead atoms. The van der Waals surface area contributed by atoms with Crippen molar-refractivity contribution in [1.82, 2.24) is 16.0 Å². The van der Waals surface area contributed by atoms with Crippen LogP contribution in [0.25, 0.3) is 0 Å². The van der Waals surface area contributed by atoms with Gasteiger partial charge in [-0.3, -0.25) is 9.59 Å². The number of rotatable bonds is 9. The van der Waals surface area contributed by atoms with Crippen molar-refractivity contribution >= 4 is 17.9 Å². The lowest BCUT2D eigenvalue weighted by Gasteiger charge is -2.22. The maximum Gasteiger partial charge on any atom is 0.315 e. The first kappa shape index (κ1) is 20.5. The van der Waals surface area contributed by atoms with Crippen molar-refractivity contribution in [2.45, 2.75) is 89.1 Å². The number of carbonyl (C=O) groups is 3. The van der Waals surface area contributed by atoms with Crippen molar-refractivity contribution in [2.75, 3.05) is 6.54 Å². The molecule has 0 aliphatic heterocycles. The van der Waals surface area contributed by atoms with Gasteiger partial charge in [-0.1, -0.05) is 32.1 Å². The lowest BCUT2D eigenvalue weighted by atomic mass is 9.96. The first-order chi connectivity index (χ1) is 12.6. The second kappa shape index (κ2) is 11.0. The minimum absolute atomic E-state index is 0.0637. The molecule has 2 fully saturated rings. The van der Waals surface area contributed by atoms with E-state index in [1.54, 1.807) is 0 Å². The Balaban J connectivity index is 1.47. The minimum Gasteiger partial charge on any atom is -0.481 e. The van der Waals surface area contributed by atoms with Crippen LogP contribution in [0.2, 0.25) is 0 Å². The number of urea groups is 1. The van der Waals surface area contributed by atoms with Crippen LogP contribution in [0.5, 0.6) is 0 Å². The topological polar surface area (TPSA) is 108 Å². The molecule has 4 N–H and O–H groups in total. The van der Waals surface area contributed by atoms with E-state index in [-0.39, 0.29) is 18.0 Å². The third-order valence-electron chi connectivity index (χ3n) is 5.49. The Morgan fingerprint density at radius 3 is 2.35 bits per heavy atom.